The second-order valence-electron chi connectivity index (χ2n) is 3.26. The highest BCUT2D eigenvalue weighted by molar-refractivity contribution is 5.39. The topological polar surface area (TPSA) is 20.2 Å². The third kappa shape index (κ3) is 2.07. The zero-order chi connectivity index (χ0) is 10.9. The molecule has 0 amide bonds. The predicted octanol–water partition coefficient (Wildman–Crippen LogP) is 2.81. The van der Waals surface area contributed by atoms with Crippen molar-refractivity contribution >= 4 is 0 Å². The lowest BCUT2D eigenvalue weighted by Gasteiger charge is -2.14. The van der Waals surface area contributed by atoms with Crippen LogP contribution < -0.4 is 0 Å². The number of hydrogen-bond donors (Lipinski definition) is 1. The highest BCUT2D eigenvalue weighted by Gasteiger charge is 2.34. The molecule has 0 bridgehead atoms. The monoisotopic (exact) mass is 204 g/mol. The molecule has 0 spiro atoms. The maximum Gasteiger partial charge on any atom is 0.416 e. The van der Waals surface area contributed by atoms with Gasteiger partial charge >= 0.3 is 6.18 Å². The summed E-state index contributed by atoms with van der Waals surface area (Å²) in [6.07, 6.45) is -4.32. The van der Waals surface area contributed by atoms with Gasteiger partial charge in [-0.1, -0.05) is 12.1 Å². The number of aryl methyl sites for hydroxylation is 2. The van der Waals surface area contributed by atoms with Crippen LogP contribution in [0.5, 0.6) is 0 Å². The van der Waals surface area contributed by atoms with Gasteiger partial charge in [-0.05, 0) is 30.5 Å². The molecule has 78 valence electrons. The summed E-state index contributed by atoms with van der Waals surface area (Å²) < 4.78 is 37.4. The van der Waals surface area contributed by atoms with Gasteiger partial charge in [0, 0.05) is 0 Å². The van der Waals surface area contributed by atoms with Crippen LogP contribution in [0.3, 0.4) is 0 Å². The Morgan fingerprint density at radius 2 is 1.57 bits per heavy atom. The van der Waals surface area contributed by atoms with Crippen LogP contribution in [0.2, 0.25) is 0 Å². The van der Waals surface area contributed by atoms with Gasteiger partial charge in [-0.3, -0.25) is 0 Å². The van der Waals surface area contributed by atoms with Crippen LogP contribution in [0.25, 0.3) is 0 Å². The average Bonchev–Trinajstić information content (AvgIpc) is 1.99. The lowest BCUT2D eigenvalue weighted by atomic mass is 9.99. The third-order valence-corrected chi connectivity index (χ3v) is 2.06. The van der Waals surface area contributed by atoms with Gasteiger partial charge in [-0.15, -0.1) is 0 Å². The van der Waals surface area contributed by atoms with Crippen LogP contribution in [0, 0.1) is 13.8 Å². The second-order valence-corrected chi connectivity index (χ2v) is 3.26. The third-order valence-electron chi connectivity index (χ3n) is 2.06. The van der Waals surface area contributed by atoms with Crippen LogP contribution in [0.15, 0.2) is 12.1 Å². The van der Waals surface area contributed by atoms with Gasteiger partial charge in [0.2, 0.25) is 0 Å². The zero-order valence-corrected chi connectivity index (χ0v) is 7.94. The van der Waals surface area contributed by atoms with Gasteiger partial charge in [-0.25, -0.2) is 0 Å². The highest BCUT2D eigenvalue weighted by Crippen LogP contribution is 2.34. The van der Waals surface area contributed by atoms with E-state index < -0.39 is 11.7 Å². The fourth-order valence-electron chi connectivity index (χ4n) is 1.59. The Hall–Kier alpha value is -1.03. The van der Waals surface area contributed by atoms with Gasteiger partial charge in [-0.2, -0.15) is 13.2 Å². The second kappa shape index (κ2) is 3.61. The Bertz CT molecular complexity index is 319. The van der Waals surface area contributed by atoms with Gasteiger partial charge in [0.05, 0.1) is 12.2 Å². The van der Waals surface area contributed by atoms with E-state index in [2.05, 4.69) is 0 Å². The molecule has 1 aromatic carbocycles. The zero-order valence-electron chi connectivity index (χ0n) is 7.94. The summed E-state index contributed by atoms with van der Waals surface area (Å²) >= 11 is 0. The molecular formula is C10H11F3O. The number of alkyl halides is 3. The number of aliphatic hydroxyl groups excluding tert-OH is 1. The van der Waals surface area contributed by atoms with Crippen LogP contribution in [0.4, 0.5) is 13.2 Å². The summed E-state index contributed by atoms with van der Waals surface area (Å²) in [5, 5.41) is 8.80. The standard InChI is InChI=1S/C10H11F3O/c1-6-3-8(5-14)4-7(2)9(6)10(11,12)13/h3-4,14H,5H2,1-2H3. The average molecular weight is 204 g/mol. The first kappa shape index (κ1) is 11.0. The molecule has 1 aromatic rings. The number of aliphatic hydroxyl groups is 1. The largest absolute Gasteiger partial charge is 0.416 e. The van der Waals surface area contributed by atoms with Crippen molar-refractivity contribution < 1.29 is 18.3 Å². The van der Waals surface area contributed by atoms with E-state index in [1.54, 1.807) is 0 Å². The van der Waals surface area contributed by atoms with Crippen LogP contribution in [-0.2, 0) is 12.8 Å². The first-order valence-corrected chi connectivity index (χ1v) is 4.14. The molecule has 0 aliphatic rings. The Kier molecular flexibility index (Phi) is 2.85. The first-order chi connectivity index (χ1) is 6.36. The smallest absolute Gasteiger partial charge is 0.392 e. The Balaban J connectivity index is 3.33. The minimum absolute atomic E-state index is 0.154. The molecule has 0 aromatic heterocycles. The maximum absolute atomic E-state index is 12.5. The van der Waals surface area contributed by atoms with E-state index in [1.807, 2.05) is 0 Å². The van der Waals surface area contributed by atoms with Crippen LogP contribution in [-0.4, -0.2) is 5.11 Å². The van der Waals surface area contributed by atoms with Crippen LogP contribution in [0.1, 0.15) is 22.3 Å². The van der Waals surface area contributed by atoms with E-state index >= 15 is 0 Å². The van der Waals surface area contributed by atoms with E-state index in [4.69, 9.17) is 5.11 Å². The minimum Gasteiger partial charge on any atom is -0.392 e. The molecule has 0 unspecified atom stereocenters. The SMILES string of the molecule is Cc1cc(CO)cc(C)c1C(F)(F)F. The maximum atomic E-state index is 12.5. The molecule has 0 aliphatic heterocycles. The molecule has 0 heterocycles. The van der Waals surface area contributed by atoms with Crippen molar-refractivity contribution in [3.8, 4) is 0 Å². The molecule has 1 N–H and O–H groups in total. The van der Waals surface area contributed by atoms with Gasteiger partial charge in [0.1, 0.15) is 0 Å². The fourth-order valence-corrected chi connectivity index (χ4v) is 1.59. The molecular weight excluding hydrogens is 193 g/mol. The summed E-state index contributed by atoms with van der Waals surface area (Å²) in [4.78, 5) is 0. The molecule has 1 nitrogen and oxygen atoms in total. The van der Waals surface area contributed by atoms with Crippen molar-refractivity contribution in [1.29, 1.82) is 0 Å². The Labute approximate surface area is 80.2 Å². The molecule has 4 heteroatoms. The van der Waals surface area contributed by atoms with Gasteiger partial charge in [0.15, 0.2) is 0 Å². The quantitative estimate of drug-likeness (QED) is 0.745. The summed E-state index contributed by atoms with van der Waals surface area (Å²) in [5.41, 5.74) is 0.214. The molecule has 0 aliphatic carbocycles. The van der Waals surface area contributed by atoms with E-state index in [-0.39, 0.29) is 17.7 Å². The highest BCUT2D eigenvalue weighted by atomic mass is 19.4. The van der Waals surface area contributed by atoms with Crippen molar-refractivity contribution in [2.45, 2.75) is 26.6 Å². The molecule has 0 atom stereocenters. The summed E-state index contributed by atoms with van der Waals surface area (Å²) in [6.45, 7) is 2.56. The summed E-state index contributed by atoms with van der Waals surface area (Å²) in [7, 11) is 0. The van der Waals surface area contributed by atoms with Gasteiger partial charge < -0.3 is 5.11 Å². The van der Waals surface area contributed by atoms with E-state index in [0.29, 0.717) is 5.56 Å². The van der Waals surface area contributed by atoms with Crippen LogP contribution >= 0.6 is 0 Å². The van der Waals surface area contributed by atoms with Crippen molar-refractivity contribution in [1.82, 2.24) is 0 Å². The molecule has 0 radical (unpaired) electrons. The summed E-state index contributed by atoms with van der Waals surface area (Å²) in [5.74, 6) is 0. The number of rotatable bonds is 1. The van der Waals surface area contributed by atoms with E-state index in [1.165, 1.54) is 26.0 Å². The molecule has 0 saturated heterocycles. The Morgan fingerprint density at radius 3 is 1.86 bits per heavy atom. The predicted molar refractivity (Wildman–Crippen MR) is 46.8 cm³/mol. The number of hydrogen-bond acceptors (Lipinski definition) is 1. The summed E-state index contributed by atoms with van der Waals surface area (Å²) in [6, 6.07) is 2.71. The van der Waals surface area contributed by atoms with Gasteiger partial charge in [0.25, 0.3) is 0 Å². The molecule has 1 rings (SSSR count). The molecule has 0 saturated carbocycles. The van der Waals surface area contributed by atoms with Crippen molar-refractivity contribution in [3.05, 3.63) is 34.4 Å². The normalized spacial score (nSPS) is 11.9. The fraction of sp³-hybridized carbons (Fsp3) is 0.400. The van der Waals surface area contributed by atoms with Crippen molar-refractivity contribution in [3.63, 3.8) is 0 Å². The lowest BCUT2D eigenvalue weighted by Crippen LogP contribution is -2.10. The number of benzene rings is 1. The van der Waals surface area contributed by atoms with Crippen molar-refractivity contribution in [2.24, 2.45) is 0 Å². The number of halogens is 3. The molecule has 14 heavy (non-hydrogen) atoms. The molecule has 0 fully saturated rings. The first-order valence-electron chi connectivity index (χ1n) is 4.14. The minimum atomic E-state index is -4.32. The van der Waals surface area contributed by atoms with E-state index in [9.17, 15) is 13.2 Å². The van der Waals surface area contributed by atoms with E-state index in [0.717, 1.165) is 0 Å². The van der Waals surface area contributed by atoms with Crippen molar-refractivity contribution in [2.75, 3.05) is 0 Å². The Morgan fingerprint density at radius 1 is 1.14 bits per heavy atom. The lowest BCUT2D eigenvalue weighted by molar-refractivity contribution is -0.138.